The number of nitrogens with zero attached hydrogens (tertiary/aromatic N) is 1. The zero-order valence-electron chi connectivity index (χ0n) is 14.2. The van der Waals surface area contributed by atoms with Crippen LogP contribution in [0, 0.1) is 12.3 Å². The van der Waals surface area contributed by atoms with Crippen LogP contribution in [-0.4, -0.2) is 11.7 Å². The minimum Gasteiger partial charge on any atom is -0.369 e. The van der Waals surface area contributed by atoms with Crippen molar-refractivity contribution in [1.29, 1.82) is 0 Å². The molecule has 0 saturated heterocycles. The maximum atomic E-state index is 11.0. The fourth-order valence-electron chi connectivity index (χ4n) is 3.79. The molecular weight excluding hydrogens is 306 g/mol. The molecule has 4 rings (SSSR count). The zero-order valence-corrected chi connectivity index (χ0v) is 14.2. The number of benzene rings is 2. The second-order valence-corrected chi connectivity index (χ2v) is 6.58. The lowest BCUT2D eigenvalue weighted by molar-refractivity contribution is 0.145. The molecule has 2 heteroatoms. The molecule has 2 nitrogen and oxygen atoms in total. The van der Waals surface area contributed by atoms with Gasteiger partial charge in [-0.1, -0.05) is 60.5 Å². The van der Waals surface area contributed by atoms with E-state index in [2.05, 4.69) is 35.1 Å². The van der Waals surface area contributed by atoms with Gasteiger partial charge in [-0.25, -0.2) is 0 Å². The van der Waals surface area contributed by atoms with E-state index in [0.717, 1.165) is 37.1 Å². The van der Waals surface area contributed by atoms with E-state index in [-0.39, 0.29) is 0 Å². The first kappa shape index (κ1) is 15.7. The van der Waals surface area contributed by atoms with E-state index in [1.165, 1.54) is 11.3 Å². The Hall–Kier alpha value is -2.76. The Kier molecular flexibility index (Phi) is 3.95. The molecule has 2 aliphatic rings. The summed E-state index contributed by atoms with van der Waals surface area (Å²) in [5, 5.41) is 11.0. The Bertz CT molecular complexity index is 871. The van der Waals surface area contributed by atoms with Crippen molar-refractivity contribution in [2.45, 2.75) is 24.9 Å². The molecular formula is C23H21NO. The molecule has 1 unspecified atom stereocenters. The largest absolute Gasteiger partial charge is 0.369 e. The van der Waals surface area contributed by atoms with Gasteiger partial charge < -0.3 is 10.0 Å². The van der Waals surface area contributed by atoms with Crippen molar-refractivity contribution >= 4 is 5.69 Å². The Morgan fingerprint density at radius 2 is 1.68 bits per heavy atom. The highest BCUT2D eigenvalue weighted by Gasteiger charge is 2.29. The monoisotopic (exact) mass is 327 g/mol. The molecule has 1 heterocycles. The zero-order chi connectivity index (χ0) is 17.3. The molecule has 0 amide bonds. The third kappa shape index (κ3) is 2.67. The van der Waals surface area contributed by atoms with Crippen molar-refractivity contribution in [2.75, 3.05) is 11.4 Å². The SMILES string of the molecule is C#CC(O)(c1ccccc1)c1ccc(N2CCC3=C2CCC=C3)cc1. The Balaban J connectivity index is 1.66. The van der Waals surface area contributed by atoms with Crippen LogP contribution in [0.25, 0.3) is 0 Å². The first-order chi connectivity index (χ1) is 12.2. The highest BCUT2D eigenvalue weighted by atomic mass is 16.3. The summed E-state index contributed by atoms with van der Waals surface area (Å²) in [5.74, 6) is 2.57. The van der Waals surface area contributed by atoms with Crippen LogP contribution in [0.3, 0.4) is 0 Å². The van der Waals surface area contributed by atoms with Crippen molar-refractivity contribution in [3.63, 3.8) is 0 Å². The molecule has 1 aliphatic heterocycles. The lowest BCUT2D eigenvalue weighted by Crippen LogP contribution is -2.25. The van der Waals surface area contributed by atoms with Crippen LogP contribution in [0.2, 0.25) is 0 Å². The number of terminal acetylenes is 1. The van der Waals surface area contributed by atoms with E-state index in [1.807, 2.05) is 42.5 Å². The lowest BCUT2D eigenvalue weighted by atomic mass is 9.87. The summed E-state index contributed by atoms with van der Waals surface area (Å²) in [4.78, 5) is 2.39. The van der Waals surface area contributed by atoms with Crippen LogP contribution >= 0.6 is 0 Å². The summed E-state index contributed by atoms with van der Waals surface area (Å²) in [5.41, 5.74) is 4.10. The molecule has 2 aromatic rings. The van der Waals surface area contributed by atoms with Crippen LogP contribution in [0.1, 0.15) is 30.4 Å². The molecule has 0 saturated carbocycles. The Morgan fingerprint density at radius 3 is 2.40 bits per heavy atom. The fourth-order valence-corrected chi connectivity index (χ4v) is 3.79. The number of rotatable bonds is 3. The van der Waals surface area contributed by atoms with Gasteiger partial charge in [-0.15, -0.1) is 6.42 Å². The third-order valence-corrected chi connectivity index (χ3v) is 5.17. The van der Waals surface area contributed by atoms with Crippen molar-refractivity contribution in [3.8, 4) is 12.3 Å². The molecule has 2 aromatic carbocycles. The highest BCUT2D eigenvalue weighted by molar-refractivity contribution is 5.59. The van der Waals surface area contributed by atoms with Gasteiger partial charge in [0.2, 0.25) is 0 Å². The summed E-state index contributed by atoms with van der Waals surface area (Å²) in [6.45, 7) is 1.02. The molecule has 1 aliphatic carbocycles. The fraction of sp³-hybridized carbons (Fsp3) is 0.217. The van der Waals surface area contributed by atoms with E-state index in [1.54, 1.807) is 0 Å². The summed E-state index contributed by atoms with van der Waals surface area (Å²) in [6, 6.07) is 17.4. The van der Waals surface area contributed by atoms with Crippen molar-refractivity contribution in [2.24, 2.45) is 0 Å². The van der Waals surface area contributed by atoms with Gasteiger partial charge in [-0.05, 0) is 37.0 Å². The minimum absolute atomic E-state index is 0.717. The van der Waals surface area contributed by atoms with Gasteiger partial charge in [-0.2, -0.15) is 0 Å². The quantitative estimate of drug-likeness (QED) is 0.846. The van der Waals surface area contributed by atoms with Crippen molar-refractivity contribution in [1.82, 2.24) is 0 Å². The molecule has 0 spiro atoms. The normalized spacial score (nSPS) is 18.6. The average molecular weight is 327 g/mol. The summed E-state index contributed by atoms with van der Waals surface area (Å²) in [7, 11) is 0. The van der Waals surface area contributed by atoms with E-state index in [0.29, 0.717) is 5.56 Å². The Labute approximate surface area is 149 Å². The van der Waals surface area contributed by atoms with Crippen molar-refractivity contribution < 1.29 is 5.11 Å². The van der Waals surface area contributed by atoms with Crippen LogP contribution < -0.4 is 4.90 Å². The van der Waals surface area contributed by atoms with Gasteiger partial charge in [0.15, 0.2) is 5.60 Å². The average Bonchev–Trinajstić information content (AvgIpc) is 3.12. The van der Waals surface area contributed by atoms with Gasteiger partial charge >= 0.3 is 0 Å². The van der Waals surface area contributed by atoms with Gasteiger partial charge in [-0.3, -0.25) is 0 Å². The van der Waals surface area contributed by atoms with Crippen LogP contribution in [0.4, 0.5) is 5.69 Å². The predicted octanol–water partition coefficient (Wildman–Crippen LogP) is 4.37. The molecule has 1 atom stereocenters. The van der Waals surface area contributed by atoms with Crippen LogP contribution in [-0.2, 0) is 5.60 Å². The standard InChI is InChI=1S/C23H21NO/c1-2-23(25,19-9-4-3-5-10-19)20-12-14-21(15-13-20)24-17-16-18-8-6-7-11-22(18)24/h1,3-6,8-10,12-15,25H,7,11,16-17H2. The first-order valence-corrected chi connectivity index (χ1v) is 8.75. The minimum atomic E-state index is -1.40. The topological polar surface area (TPSA) is 23.5 Å². The lowest BCUT2D eigenvalue weighted by Gasteiger charge is -2.26. The van der Waals surface area contributed by atoms with E-state index < -0.39 is 5.60 Å². The number of hydrogen-bond donors (Lipinski definition) is 1. The number of anilines is 1. The molecule has 0 bridgehead atoms. The van der Waals surface area contributed by atoms with Gasteiger partial charge in [0.05, 0.1) is 0 Å². The molecule has 0 radical (unpaired) electrons. The summed E-state index contributed by atoms with van der Waals surface area (Å²) >= 11 is 0. The molecule has 0 fully saturated rings. The number of allylic oxidation sites excluding steroid dienone is 3. The smallest absolute Gasteiger partial charge is 0.176 e. The first-order valence-electron chi connectivity index (χ1n) is 8.75. The summed E-state index contributed by atoms with van der Waals surface area (Å²) in [6.07, 6.45) is 13.5. The number of aliphatic hydroxyl groups is 1. The molecule has 124 valence electrons. The maximum absolute atomic E-state index is 11.0. The molecule has 0 aromatic heterocycles. The van der Waals surface area contributed by atoms with Crippen LogP contribution in [0.15, 0.2) is 78.0 Å². The Morgan fingerprint density at radius 1 is 0.960 bits per heavy atom. The van der Waals surface area contributed by atoms with Gasteiger partial charge in [0, 0.05) is 29.1 Å². The second-order valence-electron chi connectivity index (χ2n) is 6.58. The summed E-state index contributed by atoms with van der Waals surface area (Å²) < 4.78 is 0. The maximum Gasteiger partial charge on any atom is 0.176 e. The van der Waals surface area contributed by atoms with Gasteiger partial charge in [0.25, 0.3) is 0 Å². The third-order valence-electron chi connectivity index (χ3n) is 5.17. The highest BCUT2D eigenvalue weighted by Crippen LogP contribution is 2.36. The predicted molar refractivity (Wildman–Crippen MR) is 102 cm³/mol. The van der Waals surface area contributed by atoms with E-state index in [4.69, 9.17) is 6.42 Å². The van der Waals surface area contributed by atoms with Crippen LogP contribution in [0.5, 0.6) is 0 Å². The molecule has 1 N–H and O–H groups in total. The van der Waals surface area contributed by atoms with Gasteiger partial charge in [0.1, 0.15) is 0 Å². The van der Waals surface area contributed by atoms with E-state index >= 15 is 0 Å². The number of hydrogen-bond acceptors (Lipinski definition) is 2. The molecule has 25 heavy (non-hydrogen) atoms. The second kappa shape index (κ2) is 6.27. The van der Waals surface area contributed by atoms with Crippen molar-refractivity contribution in [3.05, 3.63) is 89.1 Å². The van der Waals surface area contributed by atoms with E-state index in [9.17, 15) is 5.11 Å².